The molecule has 0 radical (unpaired) electrons. The summed E-state index contributed by atoms with van der Waals surface area (Å²) in [6.45, 7) is 6.72. The summed E-state index contributed by atoms with van der Waals surface area (Å²) in [5, 5.41) is 4.52. The molecule has 1 aliphatic rings. The van der Waals surface area contributed by atoms with Crippen molar-refractivity contribution in [1.29, 1.82) is 0 Å². The molecule has 0 spiro atoms. The second-order valence-corrected chi connectivity index (χ2v) is 7.43. The van der Waals surface area contributed by atoms with E-state index in [1.165, 1.54) is 0 Å². The summed E-state index contributed by atoms with van der Waals surface area (Å²) in [5.41, 5.74) is 6.14. The zero-order valence-electron chi connectivity index (χ0n) is 16.1. The Morgan fingerprint density at radius 3 is 2.67 bits per heavy atom. The molecule has 3 heterocycles. The van der Waals surface area contributed by atoms with E-state index >= 15 is 0 Å². The number of rotatable bonds is 6. The fourth-order valence-corrected chi connectivity index (χ4v) is 3.67. The van der Waals surface area contributed by atoms with E-state index in [9.17, 15) is 4.79 Å². The highest BCUT2D eigenvalue weighted by molar-refractivity contribution is 5.77. The first kappa shape index (κ1) is 17.6. The van der Waals surface area contributed by atoms with Gasteiger partial charge in [-0.05, 0) is 63.3 Å². The lowest BCUT2D eigenvalue weighted by atomic mass is 10.1. The normalized spacial score (nSPS) is 13.9. The van der Waals surface area contributed by atoms with Gasteiger partial charge in [-0.1, -0.05) is 0 Å². The Bertz CT molecular complexity index is 975. The number of hydrogen-bond acceptors (Lipinski definition) is 4. The van der Waals surface area contributed by atoms with E-state index in [4.69, 9.17) is 0 Å². The summed E-state index contributed by atoms with van der Waals surface area (Å²) in [7, 11) is 0. The topological polar surface area (TPSA) is 63.4 Å². The number of amides is 1. The Morgan fingerprint density at radius 2 is 1.96 bits per heavy atom. The summed E-state index contributed by atoms with van der Waals surface area (Å²) in [6, 6.07) is 6.34. The van der Waals surface area contributed by atoms with E-state index in [1.807, 2.05) is 41.5 Å². The molecule has 0 unspecified atom stereocenters. The van der Waals surface area contributed by atoms with Gasteiger partial charge in [0.25, 0.3) is 0 Å². The van der Waals surface area contributed by atoms with E-state index in [0.717, 1.165) is 46.7 Å². The summed E-state index contributed by atoms with van der Waals surface area (Å²) in [4.78, 5) is 23.7. The standard InChI is InChI=1S/C21H25N5O/c1-14-12-20-23-15(2)19(16(3)26(20)24-14)6-7-21(27)25(18-4-5-18)13-17-8-10-22-11-9-17/h8-12,18H,4-7,13H2,1-3H3. The third-order valence-corrected chi connectivity index (χ3v) is 5.29. The molecule has 0 N–H and O–H groups in total. The highest BCUT2D eigenvalue weighted by Gasteiger charge is 2.32. The van der Waals surface area contributed by atoms with Gasteiger partial charge >= 0.3 is 0 Å². The Kier molecular flexibility index (Phi) is 4.64. The van der Waals surface area contributed by atoms with Gasteiger partial charge in [-0.2, -0.15) is 5.10 Å². The number of aryl methyl sites for hydroxylation is 3. The first-order valence-electron chi connectivity index (χ1n) is 9.54. The summed E-state index contributed by atoms with van der Waals surface area (Å²) < 4.78 is 1.89. The number of hydrogen-bond donors (Lipinski definition) is 0. The van der Waals surface area contributed by atoms with E-state index in [1.54, 1.807) is 12.4 Å². The van der Waals surface area contributed by atoms with Crippen LogP contribution in [0.25, 0.3) is 5.65 Å². The van der Waals surface area contributed by atoms with Crippen LogP contribution in [0.4, 0.5) is 0 Å². The molecule has 0 aliphatic heterocycles. The highest BCUT2D eigenvalue weighted by Crippen LogP contribution is 2.29. The van der Waals surface area contributed by atoms with Crippen LogP contribution in [0, 0.1) is 20.8 Å². The van der Waals surface area contributed by atoms with Gasteiger partial charge in [0.2, 0.25) is 5.91 Å². The summed E-state index contributed by atoms with van der Waals surface area (Å²) in [6.07, 6.45) is 6.97. The number of carbonyl (C=O) groups excluding carboxylic acids is 1. The predicted octanol–water partition coefficient (Wildman–Crippen LogP) is 3.17. The van der Waals surface area contributed by atoms with Crippen LogP contribution in [-0.2, 0) is 17.8 Å². The number of fused-ring (bicyclic) bond motifs is 1. The van der Waals surface area contributed by atoms with Crippen molar-refractivity contribution in [2.24, 2.45) is 0 Å². The lowest BCUT2D eigenvalue weighted by Crippen LogP contribution is -2.32. The van der Waals surface area contributed by atoms with Crippen molar-refractivity contribution in [3.63, 3.8) is 0 Å². The molecule has 1 saturated carbocycles. The predicted molar refractivity (Wildman–Crippen MR) is 103 cm³/mol. The first-order chi connectivity index (χ1) is 13.0. The fraction of sp³-hybridized carbons (Fsp3) is 0.429. The van der Waals surface area contributed by atoms with Crippen LogP contribution in [-0.4, -0.2) is 36.4 Å². The molecule has 1 fully saturated rings. The van der Waals surface area contributed by atoms with Gasteiger partial charge < -0.3 is 4.90 Å². The van der Waals surface area contributed by atoms with Crippen LogP contribution in [0.2, 0.25) is 0 Å². The molecule has 6 heteroatoms. The minimum absolute atomic E-state index is 0.213. The molecule has 0 saturated heterocycles. The third kappa shape index (κ3) is 3.70. The highest BCUT2D eigenvalue weighted by atomic mass is 16.2. The average molecular weight is 363 g/mol. The number of pyridine rings is 1. The first-order valence-corrected chi connectivity index (χ1v) is 9.54. The fourth-order valence-electron chi connectivity index (χ4n) is 3.67. The molecular weight excluding hydrogens is 338 g/mol. The second kappa shape index (κ2) is 7.10. The molecule has 27 heavy (non-hydrogen) atoms. The average Bonchev–Trinajstić information content (AvgIpc) is 3.42. The van der Waals surface area contributed by atoms with Crippen molar-refractivity contribution in [3.8, 4) is 0 Å². The maximum atomic E-state index is 13.0. The molecule has 0 aromatic carbocycles. The van der Waals surface area contributed by atoms with Crippen molar-refractivity contribution in [1.82, 2.24) is 24.5 Å². The van der Waals surface area contributed by atoms with Gasteiger partial charge in [0.05, 0.1) is 5.69 Å². The molecular formula is C21H25N5O. The van der Waals surface area contributed by atoms with Crippen molar-refractivity contribution in [2.75, 3.05) is 0 Å². The van der Waals surface area contributed by atoms with Crippen molar-refractivity contribution in [2.45, 2.75) is 59.0 Å². The summed E-state index contributed by atoms with van der Waals surface area (Å²) in [5.74, 6) is 0.213. The van der Waals surface area contributed by atoms with Crippen molar-refractivity contribution >= 4 is 11.6 Å². The molecule has 1 aliphatic carbocycles. The van der Waals surface area contributed by atoms with E-state index in [-0.39, 0.29) is 5.91 Å². The van der Waals surface area contributed by atoms with Crippen LogP contribution in [0.1, 0.15) is 47.5 Å². The molecule has 0 bridgehead atoms. The zero-order chi connectivity index (χ0) is 19.0. The van der Waals surface area contributed by atoms with Crippen LogP contribution in [0.15, 0.2) is 30.6 Å². The van der Waals surface area contributed by atoms with Gasteiger partial charge in [-0.25, -0.2) is 9.50 Å². The van der Waals surface area contributed by atoms with E-state index in [2.05, 4.69) is 22.0 Å². The maximum Gasteiger partial charge on any atom is 0.223 e. The number of nitrogens with zero attached hydrogens (tertiary/aromatic N) is 5. The molecule has 3 aromatic heterocycles. The van der Waals surface area contributed by atoms with Gasteiger partial charge in [0.15, 0.2) is 5.65 Å². The lowest BCUT2D eigenvalue weighted by molar-refractivity contribution is -0.132. The second-order valence-electron chi connectivity index (χ2n) is 7.43. The van der Waals surface area contributed by atoms with Crippen molar-refractivity contribution < 1.29 is 4.79 Å². The molecule has 140 valence electrons. The molecule has 6 nitrogen and oxygen atoms in total. The monoisotopic (exact) mass is 363 g/mol. The van der Waals surface area contributed by atoms with Gasteiger partial charge in [0, 0.05) is 48.9 Å². The Balaban J connectivity index is 1.50. The number of aromatic nitrogens is 4. The van der Waals surface area contributed by atoms with Crippen LogP contribution in [0.5, 0.6) is 0 Å². The largest absolute Gasteiger partial charge is 0.335 e. The smallest absolute Gasteiger partial charge is 0.223 e. The van der Waals surface area contributed by atoms with Crippen LogP contribution in [0.3, 0.4) is 0 Å². The van der Waals surface area contributed by atoms with E-state index in [0.29, 0.717) is 25.4 Å². The Morgan fingerprint density at radius 1 is 1.22 bits per heavy atom. The number of carbonyl (C=O) groups is 1. The minimum atomic E-state index is 0.213. The van der Waals surface area contributed by atoms with Crippen LogP contribution < -0.4 is 0 Å². The molecule has 3 aromatic rings. The van der Waals surface area contributed by atoms with Gasteiger partial charge in [-0.3, -0.25) is 9.78 Å². The van der Waals surface area contributed by atoms with Gasteiger partial charge in [-0.15, -0.1) is 0 Å². The Hall–Kier alpha value is -2.76. The minimum Gasteiger partial charge on any atom is -0.335 e. The third-order valence-electron chi connectivity index (χ3n) is 5.29. The molecule has 4 rings (SSSR count). The molecule has 0 atom stereocenters. The summed E-state index contributed by atoms with van der Waals surface area (Å²) >= 11 is 0. The zero-order valence-corrected chi connectivity index (χ0v) is 16.1. The Labute approximate surface area is 159 Å². The quantitative estimate of drug-likeness (QED) is 0.675. The van der Waals surface area contributed by atoms with Gasteiger partial charge in [0.1, 0.15) is 0 Å². The van der Waals surface area contributed by atoms with Crippen LogP contribution >= 0.6 is 0 Å². The van der Waals surface area contributed by atoms with Crippen molar-refractivity contribution in [3.05, 3.63) is 58.8 Å². The lowest BCUT2D eigenvalue weighted by Gasteiger charge is -2.23. The maximum absolute atomic E-state index is 13.0. The molecule has 1 amide bonds. The van der Waals surface area contributed by atoms with E-state index < -0.39 is 0 Å². The SMILES string of the molecule is Cc1cc2nc(C)c(CCC(=O)N(Cc3ccncc3)C3CC3)c(C)n2n1.